The molecule has 1 atom stereocenters. The minimum Gasteiger partial charge on any atom is -0.312 e. The Balaban J connectivity index is 2.15. The Kier molecular flexibility index (Phi) is 3.36. The third kappa shape index (κ3) is 2.31. The molecular formula is C11H16N4S. The van der Waals surface area contributed by atoms with E-state index in [2.05, 4.69) is 34.0 Å². The van der Waals surface area contributed by atoms with Gasteiger partial charge in [-0.2, -0.15) is 0 Å². The standard InChI is InChI=1S/C11H16N4S/c1-8-4-5-16-11(8)10(12-2)6-9-7-15(3)14-13-9/h4-5,7,10,12H,6H2,1-3H3. The summed E-state index contributed by atoms with van der Waals surface area (Å²) in [5.74, 6) is 0. The van der Waals surface area contributed by atoms with Crippen molar-refractivity contribution >= 4 is 11.3 Å². The second kappa shape index (κ2) is 4.76. The number of nitrogens with one attached hydrogen (secondary N) is 1. The number of nitrogens with zero attached hydrogens (tertiary/aromatic N) is 3. The predicted molar refractivity (Wildman–Crippen MR) is 65.6 cm³/mol. The molecule has 1 N–H and O–H groups in total. The van der Waals surface area contributed by atoms with Crippen LogP contribution in [-0.4, -0.2) is 22.0 Å². The summed E-state index contributed by atoms with van der Waals surface area (Å²) in [4.78, 5) is 1.38. The van der Waals surface area contributed by atoms with Gasteiger partial charge < -0.3 is 5.32 Å². The highest BCUT2D eigenvalue weighted by Gasteiger charge is 2.15. The molecule has 2 aromatic heterocycles. The van der Waals surface area contributed by atoms with Crippen molar-refractivity contribution in [3.63, 3.8) is 0 Å². The van der Waals surface area contributed by atoms with Gasteiger partial charge in [0, 0.05) is 30.6 Å². The fourth-order valence-corrected chi connectivity index (χ4v) is 2.80. The summed E-state index contributed by atoms with van der Waals surface area (Å²) in [5.41, 5.74) is 2.36. The molecule has 2 heterocycles. The van der Waals surface area contributed by atoms with Gasteiger partial charge in [0.1, 0.15) is 0 Å². The van der Waals surface area contributed by atoms with E-state index in [1.807, 2.05) is 20.3 Å². The van der Waals surface area contributed by atoms with Gasteiger partial charge in [-0.1, -0.05) is 5.21 Å². The van der Waals surface area contributed by atoms with Gasteiger partial charge >= 0.3 is 0 Å². The lowest BCUT2D eigenvalue weighted by atomic mass is 10.1. The Hall–Kier alpha value is -1.20. The normalized spacial score (nSPS) is 12.9. The topological polar surface area (TPSA) is 42.7 Å². The third-order valence-corrected chi connectivity index (χ3v) is 3.76. The predicted octanol–water partition coefficient (Wildman–Crippen LogP) is 1.69. The molecule has 0 fully saturated rings. The van der Waals surface area contributed by atoms with E-state index < -0.39 is 0 Å². The summed E-state index contributed by atoms with van der Waals surface area (Å²) in [6.07, 6.45) is 2.85. The van der Waals surface area contributed by atoms with Gasteiger partial charge in [0.05, 0.1) is 5.69 Å². The summed E-state index contributed by atoms with van der Waals surface area (Å²) >= 11 is 1.79. The Morgan fingerprint density at radius 3 is 2.88 bits per heavy atom. The van der Waals surface area contributed by atoms with Gasteiger partial charge in [0.25, 0.3) is 0 Å². The molecule has 0 bridgehead atoms. The van der Waals surface area contributed by atoms with Gasteiger partial charge in [-0.05, 0) is 31.0 Å². The Labute approximate surface area is 99.3 Å². The van der Waals surface area contributed by atoms with Crippen LogP contribution in [0.4, 0.5) is 0 Å². The molecule has 0 saturated carbocycles. The molecule has 86 valence electrons. The first-order chi connectivity index (χ1) is 7.70. The van der Waals surface area contributed by atoms with Crippen LogP contribution < -0.4 is 5.32 Å². The van der Waals surface area contributed by atoms with Gasteiger partial charge in [-0.3, -0.25) is 4.68 Å². The van der Waals surface area contributed by atoms with Crippen LogP contribution in [0.5, 0.6) is 0 Å². The fourth-order valence-electron chi connectivity index (χ4n) is 1.77. The molecule has 0 aliphatic heterocycles. The molecule has 0 radical (unpaired) electrons. The fraction of sp³-hybridized carbons (Fsp3) is 0.455. The van der Waals surface area contributed by atoms with Gasteiger partial charge in [-0.25, -0.2) is 0 Å². The molecule has 0 aliphatic carbocycles. The van der Waals surface area contributed by atoms with Crippen molar-refractivity contribution in [2.24, 2.45) is 7.05 Å². The van der Waals surface area contributed by atoms with Crippen molar-refractivity contribution in [1.29, 1.82) is 0 Å². The number of rotatable bonds is 4. The molecule has 16 heavy (non-hydrogen) atoms. The highest BCUT2D eigenvalue weighted by molar-refractivity contribution is 7.10. The SMILES string of the molecule is CNC(Cc1cn(C)nn1)c1sccc1C. The maximum atomic E-state index is 4.12. The van der Waals surface area contributed by atoms with E-state index in [1.165, 1.54) is 10.4 Å². The zero-order valence-corrected chi connectivity index (χ0v) is 10.6. The van der Waals surface area contributed by atoms with E-state index in [0.717, 1.165) is 12.1 Å². The van der Waals surface area contributed by atoms with Crippen LogP contribution in [-0.2, 0) is 13.5 Å². The smallest absolute Gasteiger partial charge is 0.0846 e. The molecule has 5 heteroatoms. The molecular weight excluding hydrogens is 220 g/mol. The summed E-state index contributed by atoms with van der Waals surface area (Å²) in [7, 11) is 3.88. The van der Waals surface area contributed by atoms with Gasteiger partial charge in [0.15, 0.2) is 0 Å². The van der Waals surface area contributed by atoms with Crippen molar-refractivity contribution in [3.8, 4) is 0 Å². The Bertz CT molecular complexity index is 460. The van der Waals surface area contributed by atoms with Crippen molar-refractivity contribution in [3.05, 3.63) is 33.8 Å². The molecule has 0 spiro atoms. The first kappa shape index (κ1) is 11.3. The highest BCUT2D eigenvalue weighted by Crippen LogP contribution is 2.25. The van der Waals surface area contributed by atoms with E-state index in [9.17, 15) is 0 Å². The number of likely N-dealkylation sites (N-methyl/N-ethyl adjacent to an activating group) is 1. The molecule has 0 amide bonds. The molecule has 1 unspecified atom stereocenters. The number of hydrogen-bond donors (Lipinski definition) is 1. The average molecular weight is 236 g/mol. The third-order valence-electron chi connectivity index (χ3n) is 2.63. The molecule has 0 aliphatic rings. The number of hydrogen-bond acceptors (Lipinski definition) is 4. The van der Waals surface area contributed by atoms with Crippen LogP contribution in [0.2, 0.25) is 0 Å². The lowest BCUT2D eigenvalue weighted by molar-refractivity contribution is 0.590. The van der Waals surface area contributed by atoms with E-state index in [-0.39, 0.29) is 0 Å². The Morgan fingerprint density at radius 2 is 2.38 bits per heavy atom. The number of aryl methyl sites for hydroxylation is 2. The lowest BCUT2D eigenvalue weighted by Gasteiger charge is -2.14. The van der Waals surface area contributed by atoms with Crippen LogP contribution in [0.1, 0.15) is 22.2 Å². The van der Waals surface area contributed by atoms with Gasteiger partial charge in [0.2, 0.25) is 0 Å². The molecule has 4 nitrogen and oxygen atoms in total. The largest absolute Gasteiger partial charge is 0.312 e. The Morgan fingerprint density at radius 1 is 1.56 bits per heavy atom. The minimum atomic E-state index is 0.330. The van der Waals surface area contributed by atoms with Crippen molar-refractivity contribution in [2.45, 2.75) is 19.4 Å². The number of aromatic nitrogens is 3. The second-order valence-electron chi connectivity index (χ2n) is 3.90. The molecule has 0 aromatic carbocycles. The number of thiophene rings is 1. The van der Waals surface area contributed by atoms with Crippen molar-refractivity contribution in [2.75, 3.05) is 7.05 Å². The van der Waals surface area contributed by atoms with Gasteiger partial charge in [-0.15, -0.1) is 16.4 Å². The molecule has 2 aromatic rings. The highest BCUT2D eigenvalue weighted by atomic mass is 32.1. The maximum Gasteiger partial charge on any atom is 0.0846 e. The second-order valence-corrected chi connectivity index (χ2v) is 4.84. The van der Waals surface area contributed by atoms with E-state index in [1.54, 1.807) is 16.0 Å². The van der Waals surface area contributed by atoms with Crippen LogP contribution in [0.15, 0.2) is 17.6 Å². The van der Waals surface area contributed by atoms with Crippen molar-refractivity contribution < 1.29 is 0 Å². The first-order valence-electron chi connectivity index (χ1n) is 5.27. The molecule has 2 rings (SSSR count). The van der Waals surface area contributed by atoms with Crippen LogP contribution in [0.3, 0.4) is 0 Å². The zero-order chi connectivity index (χ0) is 11.5. The average Bonchev–Trinajstić information content (AvgIpc) is 2.84. The van der Waals surface area contributed by atoms with E-state index >= 15 is 0 Å². The minimum absolute atomic E-state index is 0.330. The summed E-state index contributed by atoms with van der Waals surface area (Å²) in [5, 5.41) is 13.5. The van der Waals surface area contributed by atoms with E-state index in [4.69, 9.17) is 0 Å². The maximum absolute atomic E-state index is 4.12. The monoisotopic (exact) mass is 236 g/mol. The summed E-state index contributed by atoms with van der Waals surface area (Å²) < 4.78 is 1.74. The zero-order valence-electron chi connectivity index (χ0n) is 9.77. The lowest BCUT2D eigenvalue weighted by Crippen LogP contribution is -2.18. The van der Waals surface area contributed by atoms with E-state index in [0.29, 0.717) is 6.04 Å². The van der Waals surface area contributed by atoms with Crippen molar-refractivity contribution in [1.82, 2.24) is 20.3 Å². The summed E-state index contributed by atoms with van der Waals surface area (Å²) in [6, 6.07) is 2.48. The van der Waals surface area contributed by atoms with Crippen LogP contribution in [0, 0.1) is 6.92 Å². The summed E-state index contributed by atoms with van der Waals surface area (Å²) in [6.45, 7) is 2.15. The van der Waals surface area contributed by atoms with Crippen LogP contribution in [0.25, 0.3) is 0 Å². The quantitative estimate of drug-likeness (QED) is 0.878. The molecule has 0 saturated heterocycles. The van der Waals surface area contributed by atoms with Crippen LogP contribution >= 0.6 is 11.3 Å². The first-order valence-corrected chi connectivity index (χ1v) is 6.15.